The summed E-state index contributed by atoms with van der Waals surface area (Å²) in [6, 6.07) is 13.0. The number of nitrogens with one attached hydrogen (secondary N) is 1. The van der Waals surface area contributed by atoms with E-state index in [1.807, 2.05) is 0 Å². The highest BCUT2D eigenvalue weighted by Gasteiger charge is 2.36. The second-order valence-electron chi connectivity index (χ2n) is 8.67. The molecule has 196 valence electrons. The molecule has 36 heavy (non-hydrogen) atoms. The SMILES string of the molecule is CN(C)S(=O)(=O)CCC1CN(S(=O)(=O)c2cc3cc(Cl)ccc3n2S(=O)(=O)c2ccccc2)CCN1. The molecule has 14 heteroatoms. The van der Waals surface area contributed by atoms with Crippen LogP contribution in [0.3, 0.4) is 0 Å². The summed E-state index contributed by atoms with van der Waals surface area (Å²) in [5, 5.41) is 3.46. The van der Waals surface area contributed by atoms with Gasteiger partial charge in [-0.05, 0) is 42.8 Å². The zero-order valence-electron chi connectivity index (χ0n) is 19.7. The van der Waals surface area contributed by atoms with Crippen LogP contribution in [0.1, 0.15) is 6.42 Å². The molecule has 1 aliphatic rings. The second-order valence-corrected chi connectivity index (χ2v) is 15.1. The highest BCUT2D eigenvalue weighted by Crippen LogP contribution is 2.32. The number of piperazine rings is 1. The fraction of sp³-hybridized carbons (Fsp3) is 0.364. The third-order valence-corrected chi connectivity index (χ3v) is 11.9. The molecule has 2 aromatic carbocycles. The number of halogens is 1. The Bertz CT molecular complexity index is 1590. The van der Waals surface area contributed by atoms with Gasteiger partial charge in [0.15, 0.2) is 5.03 Å². The number of aromatic nitrogens is 1. The first-order valence-electron chi connectivity index (χ1n) is 11.1. The van der Waals surface area contributed by atoms with Crippen LogP contribution >= 0.6 is 11.6 Å². The zero-order valence-corrected chi connectivity index (χ0v) is 22.9. The molecule has 0 radical (unpaired) electrons. The Hall–Kier alpha value is -2.00. The van der Waals surface area contributed by atoms with E-state index < -0.39 is 41.1 Å². The Kier molecular flexibility index (Phi) is 7.55. The maximum atomic E-state index is 13.8. The molecule has 2 heterocycles. The minimum atomic E-state index is -4.29. The van der Waals surface area contributed by atoms with Gasteiger partial charge in [-0.25, -0.2) is 33.5 Å². The highest BCUT2D eigenvalue weighted by molar-refractivity contribution is 7.92. The number of nitrogens with zero attached hydrogens (tertiary/aromatic N) is 3. The fourth-order valence-electron chi connectivity index (χ4n) is 4.07. The van der Waals surface area contributed by atoms with Crippen LogP contribution in [0, 0.1) is 0 Å². The predicted molar refractivity (Wildman–Crippen MR) is 139 cm³/mol. The topological polar surface area (TPSA) is 126 Å². The van der Waals surface area contributed by atoms with Crippen molar-refractivity contribution in [1.29, 1.82) is 0 Å². The van der Waals surface area contributed by atoms with Crippen molar-refractivity contribution in [3.63, 3.8) is 0 Å². The summed E-state index contributed by atoms with van der Waals surface area (Å²) in [5.74, 6) is -0.146. The first kappa shape index (κ1) is 27.0. The molecule has 3 aromatic rings. The van der Waals surface area contributed by atoms with E-state index in [4.69, 9.17) is 11.6 Å². The lowest BCUT2D eigenvalue weighted by Crippen LogP contribution is -2.53. The molecule has 1 aliphatic heterocycles. The van der Waals surface area contributed by atoms with Gasteiger partial charge in [-0.15, -0.1) is 0 Å². The molecule has 1 fully saturated rings. The number of rotatable bonds is 8. The molecule has 4 rings (SSSR count). The lowest BCUT2D eigenvalue weighted by Gasteiger charge is -2.33. The Labute approximate surface area is 216 Å². The minimum absolute atomic E-state index is 0.00104. The lowest BCUT2D eigenvalue weighted by molar-refractivity contribution is 0.292. The van der Waals surface area contributed by atoms with Gasteiger partial charge >= 0.3 is 0 Å². The van der Waals surface area contributed by atoms with Crippen molar-refractivity contribution in [1.82, 2.24) is 17.9 Å². The third-order valence-electron chi connectivity index (χ3n) is 6.07. The molecule has 0 amide bonds. The number of sulfonamides is 2. The van der Waals surface area contributed by atoms with Gasteiger partial charge in [0.05, 0.1) is 16.2 Å². The third kappa shape index (κ3) is 5.19. The van der Waals surface area contributed by atoms with Crippen LogP contribution in [0.5, 0.6) is 0 Å². The van der Waals surface area contributed by atoms with E-state index in [9.17, 15) is 25.3 Å². The predicted octanol–water partition coefficient (Wildman–Crippen LogP) is 1.78. The highest BCUT2D eigenvalue weighted by atomic mass is 35.5. The van der Waals surface area contributed by atoms with Crippen LogP contribution in [0.25, 0.3) is 10.9 Å². The molecule has 10 nitrogen and oxygen atoms in total. The Morgan fingerprint density at radius 3 is 2.33 bits per heavy atom. The normalized spacial score (nSPS) is 18.2. The average molecular weight is 575 g/mol. The maximum absolute atomic E-state index is 13.8. The van der Waals surface area contributed by atoms with Gasteiger partial charge in [0.2, 0.25) is 10.0 Å². The Morgan fingerprint density at radius 1 is 0.972 bits per heavy atom. The molecule has 1 unspecified atom stereocenters. The second kappa shape index (κ2) is 10.0. The Balaban J connectivity index is 1.76. The maximum Gasteiger partial charge on any atom is 0.269 e. The van der Waals surface area contributed by atoms with Gasteiger partial charge in [-0.3, -0.25) is 0 Å². The van der Waals surface area contributed by atoms with E-state index in [0.717, 1.165) is 8.28 Å². The molecule has 1 aromatic heterocycles. The van der Waals surface area contributed by atoms with E-state index in [0.29, 0.717) is 17.0 Å². The summed E-state index contributed by atoms with van der Waals surface area (Å²) >= 11 is 6.11. The van der Waals surface area contributed by atoms with Gasteiger partial charge in [0.1, 0.15) is 0 Å². The van der Waals surface area contributed by atoms with E-state index in [-0.39, 0.29) is 35.7 Å². The number of fused-ring (bicyclic) bond motifs is 1. The van der Waals surface area contributed by atoms with Crippen LogP contribution in [0.2, 0.25) is 5.02 Å². The van der Waals surface area contributed by atoms with Crippen molar-refractivity contribution in [3.05, 3.63) is 59.6 Å². The van der Waals surface area contributed by atoms with E-state index >= 15 is 0 Å². The summed E-state index contributed by atoms with van der Waals surface area (Å²) < 4.78 is 82.5. The van der Waals surface area contributed by atoms with Gasteiger partial charge in [-0.1, -0.05) is 29.8 Å². The molecule has 0 saturated carbocycles. The van der Waals surface area contributed by atoms with Crippen molar-refractivity contribution in [3.8, 4) is 0 Å². The number of hydrogen-bond donors (Lipinski definition) is 1. The van der Waals surface area contributed by atoms with E-state index in [1.54, 1.807) is 18.2 Å². The first-order chi connectivity index (χ1) is 16.8. The lowest BCUT2D eigenvalue weighted by atomic mass is 10.2. The van der Waals surface area contributed by atoms with Gasteiger partial charge in [-0.2, -0.15) is 4.31 Å². The molecule has 0 bridgehead atoms. The summed E-state index contributed by atoms with van der Waals surface area (Å²) in [7, 11) is -9.13. The molecule has 0 spiro atoms. The molecular weight excluding hydrogens is 548 g/mol. The van der Waals surface area contributed by atoms with Gasteiger partial charge < -0.3 is 5.32 Å². The van der Waals surface area contributed by atoms with E-state index in [2.05, 4.69) is 5.32 Å². The standard InChI is InChI=1S/C22H27ClN4O6S3/c1-25(2)34(28,29)13-10-19-16-26(12-11-24-19)36(32,33)22-15-17-14-18(23)8-9-21(17)27(22)35(30,31)20-6-4-3-5-7-20/h3-9,14-15,19,24H,10-13,16H2,1-2H3. The van der Waals surface area contributed by atoms with Crippen LogP contribution in [-0.2, 0) is 30.1 Å². The van der Waals surface area contributed by atoms with E-state index in [1.165, 1.54) is 54.8 Å². The minimum Gasteiger partial charge on any atom is -0.311 e. The summed E-state index contributed by atoms with van der Waals surface area (Å²) in [6.45, 7) is 0.398. The summed E-state index contributed by atoms with van der Waals surface area (Å²) in [5.41, 5.74) is 0.186. The number of hydrogen-bond acceptors (Lipinski definition) is 7. The quantitative estimate of drug-likeness (QED) is 0.434. The summed E-state index contributed by atoms with van der Waals surface area (Å²) in [4.78, 5) is -0.0546. The van der Waals surface area contributed by atoms with Crippen molar-refractivity contribution in [2.75, 3.05) is 39.5 Å². The van der Waals surface area contributed by atoms with Gasteiger partial charge in [0, 0.05) is 50.2 Å². The Morgan fingerprint density at radius 2 is 1.67 bits per heavy atom. The van der Waals surface area contributed by atoms with Crippen molar-refractivity contribution in [2.24, 2.45) is 0 Å². The van der Waals surface area contributed by atoms with Crippen molar-refractivity contribution >= 4 is 52.6 Å². The molecule has 1 saturated heterocycles. The molecular formula is C22H27ClN4O6S3. The average Bonchev–Trinajstić information content (AvgIpc) is 3.24. The zero-order chi connectivity index (χ0) is 26.3. The smallest absolute Gasteiger partial charge is 0.269 e. The van der Waals surface area contributed by atoms with Crippen molar-refractivity contribution in [2.45, 2.75) is 22.4 Å². The molecule has 1 N–H and O–H groups in total. The van der Waals surface area contributed by atoms with Crippen LogP contribution in [0.4, 0.5) is 0 Å². The first-order valence-corrected chi connectivity index (χ1v) is 16.0. The molecule has 1 atom stereocenters. The summed E-state index contributed by atoms with van der Waals surface area (Å²) in [6.07, 6.45) is 0.202. The van der Waals surface area contributed by atoms with Crippen molar-refractivity contribution < 1.29 is 25.3 Å². The fourth-order valence-corrected chi connectivity index (χ4v) is 8.76. The molecule has 0 aliphatic carbocycles. The van der Waals surface area contributed by atoms with Crippen LogP contribution in [0.15, 0.2) is 64.5 Å². The van der Waals surface area contributed by atoms with Gasteiger partial charge in [0.25, 0.3) is 20.0 Å². The monoisotopic (exact) mass is 574 g/mol. The van der Waals surface area contributed by atoms with Crippen LogP contribution < -0.4 is 5.32 Å². The largest absolute Gasteiger partial charge is 0.311 e. The van der Waals surface area contributed by atoms with Crippen LogP contribution in [-0.4, -0.2) is 83.4 Å². The number of benzene rings is 2.